The number of rotatable bonds is 5. The summed E-state index contributed by atoms with van der Waals surface area (Å²) in [6, 6.07) is 18.4. The predicted molar refractivity (Wildman–Crippen MR) is 126 cm³/mol. The molecule has 1 aliphatic heterocycles. The number of fused-ring (bicyclic) bond motifs is 1. The molecule has 3 aromatic carbocycles. The summed E-state index contributed by atoms with van der Waals surface area (Å²) in [5.41, 5.74) is 3.32. The minimum absolute atomic E-state index is 0.172. The highest BCUT2D eigenvalue weighted by atomic mass is 32.2. The smallest absolute Gasteiger partial charge is 0.338 e. The van der Waals surface area contributed by atoms with E-state index in [9.17, 15) is 18.0 Å². The molecule has 1 N–H and O–H groups in total. The lowest BCUT2D eigenvalue weighted by Gasteiger charge is -2.31. The van der Waals surface area contributed by atoms with Crippen molar-refractivity contribution in [3.63, 3.8) is 0 Å². The summed E-state index contributed by atoms with van der Waals surface area (Å²) in [5.74, 6) is -1.04. The maximum atomic E-state index is 13.3. The second-order valence-electron chi connectivity index (χ2n) is 7.83. The lowest BCUT2D eigenvalue weighted by atomic mass is 10.0. The minimum atomic E-state index is -3.69. The monoisotopic (exact) mass is 464 g/mol. The first-order valence-electron chi connectivity index (χ1n) is 10.5. The van der Waals surface area contributed by atoms with Crippen LogP contribution in [0.25, 0.3) is 0 Å². The third-order valence-corrected chi connectivity index (χ3v) is 7.43. The van der Waals surface area contributed by atoms with E-state index in [4.69, 9.17) is 4.74 Å². The van der Waals surface area contributed by atoms with Crippen LogP contribution in [0.3, 0.4) is 0 Å². The van der Waals surface area contributed by atoms with Gasteiger partial charge in [-0.15, -0.1) is 0 Å². The van der Waals surface area contributed by atoms with Gasteiger partial charge in [-0.2, -0.15) is 0 Å². The summed E-state index contributed by atoms with van der Waals surface area (Å²) in [6.45, 7) is 2.30. The van der Waals surface area contributed by atoms with Gasteiger partial charge in [-0.25, -0.2) is 13.2 Å². The Morgan fingerprint density at radius 1 is 0.970 bits per heavy atom. The zero-order valence-electron chi connectivity index (χ0n) is 18.4. The minimum Gasteiger partial charge on any atom is -0.465 e. The molecule has 1 aliphatic rings. The second-order valence-corrected chi connectivity index (χ2v) is 9.69. The zero-order chi connectivity index (χ0) is 23.6. The Morgan fingerprint density at radius 2 is 1.67 bits per heavy atom. The second kappa shape index (κ2) is 9.07. The normalized spacial score (nSPS) is 13.2. The topological polar surface area (TPSA) is 92.8 Å². The number of esters is 1. The van der Waals surface area contributed by atoms with E-state index in [0.29, 0.717) is 30.8 Å². The molecule has 33 heavy (non-hydrogen) atoms. The number of benzene rings is 3. The Bertz CT molecular complexity index is 1320. The molecule has 3 aromatic rings. The fourth-order valence-corrected chi connectivity index (χ4v) is 5.44. The van der Waals surface area contributed by atoms with Gasteiger partial charge in [0.2, 0.25) is 0 Å². The molecule has 0 saturated heterocycles. The Hall–Kier alpha value is -3.65. The highest BCUT2D eigenvalue weighted by Gasteiger charge is 2.29. The number of amides is 1. The van der Waals surface area contributed by atoms with Crippen molar-refractivity contribution in [2.24, 2.45) is 0 Å². The molecular formula is C25H24N2O5S. The Balaban J connectivity index is 1.61. The molecule has 0 bridgehead atoms. The Labute approximate surface area is 193 Å². The summed E-state index contributed by atoms with van der Waals surface area (Å²) < 4.78 is 32.7. The van der Waals surface area contributed by atoms with Gasteiger partial charge >= 0.3 is 5.97 Å². The quantitative estimate of drug-likeness (QED) is 0.572. The first kappa shape index (κ1) is 22.5. The number of nitrogens with zero attached hydrogens (tertiary/aromatic N) is 1. The van der Waals surface area contributed by atoms with E-state index >= 15 is 0 Å². The summed E-state index contributed by atoms with van der Waals surface area (Å²) >= 11 is 0. The molecule has 7 nitrogen and oxygen atoms in total. The number of carbonyl (C=O) groups is 2. The number of sulfonamides is 1. The van der Waals surface area contributed by atoms with Crippen molar-refractivity contribution in [3.05, 3.63) is 89.0 Å². The highest BCUT2D eigenvalue weighted by molar-refractivity contribution is 7.92. The molecule has 0 aromatic heterocycles. The van der Waals surface area contributed by atoms with E-state index in [1.807, 2.05) is 6.92 Å². The van der Waals surface area contributed by atoms with Crippen LogP contribution in [0, 0.1) is 6.92 Å². The standard InChI is InChI=1S/C25H24N2O5S/c1-17-9-12-20(13-10-17)33(30,31)27-15-5-6-18-16-19(11-14-23(18)27)26-24(28)21-7-3-4-8-22(21)25(29)32-2/h3-4,7-14,16H,5-6,15H2,1-2H3,(H,26,28). The van der Waals surface area contributed by atoms with Gasteiger partial charge < -0.3 is 10.1 Å². The first-order chi connectivity index (χ1) is 15.8. The number of anilines is 2. The summed E-state index contributed by atoms with van der Waals surface area (Å²) in [4.78, 5) is 25.1. The Morgan fingerprint density at radius 3 is 2.36 bits per heavy atom. The van der Waals surface area contributed by atoms with E-state index in [0.717, 1.165) is 11.1 Å². The molecule has 4 rings (SSSR count). The average molecular weight is 465 g/mol. The van der Waals surface area contributed by atoms with Gasteiger partial charge in [-0.05, 0) is 67.8 Å². The Kier molecular flexibility index (Phi) is 6.20. The summed E-state index contributed by atoms with van der Waals surface area (Å²) in [5, 5.41) is 2.80. The van der Waals surface area contributed by atoms with Crippen molar-refractivity contribution in [2.75, 3.05) is 23.3 Å². The molecule has 8 heteroatoms. The van der Waals surface area contributed by atoms with Gasteiger partial charge in [-0.3, -0.25) is 9.10 Å². The van der Waals surface area contributed by atoms with Gasteiger partial charge in [0.05, 0.1) is 28.8 Å². The largest absolute Gasteiger partial charge is 0.465 e. The van der Waals surface area contributed by atoms with Gasteiger partial charge in [0.15, 0.2) is 0 Å². The van der Waals surface area contributed by atoms with Crippen molar-refractivity contribution in [3.8, 4) is 0 Å². The van der Waals surface area contributed by atoms with Crippen LogP contribution in [0.1, 0.15) is 38.3 Å². The van der Waals surface area contributed by atoms with Crippen molar-refractivity contribution in [2.45, 2.75) is 24.7 Å². The van der Waals surface area contributed by atoms with Gasteiger partial charge in [0.25, 0.3) is 15.9 Å². The molecular weight excluding hydrogens is 440 g/mol. The fourth-order valence-electron chi connectivity index (χ4n) is 3.90. The van der Waals surface area contributed by atoms with E-state index in [2.05, 4.69) is 5.32 Å². The van der Waals surface area contributed by atoms with Crippen LogP contribution < -0.4 is 9.62 Å². The van der Waals surface area contributed by atoms with Crippen LogP contribution in [0.2, 0.25) is 0 Å². The van der Waals surface area contributed by atoms with Gasteiger partial charge in [0.1, 0.15) is 0 Å². The van der Waals surface area contributed by atoms with Crippen molar-refractivity contribution in [1.29, 1.82) is 0 Å². The summed E-state index contributed by atoms with van der Waals surface area (Å²) in [6.07, 6.45) is 1.36. The van der Waals surface area contributed by atoms with E-state index in [1.165, 1.54) is 17.5 Å². The highest BCUT2D eigenvalue weighted by Crippen LogP contribution is 2.34. The van der Waals surface area contributed by atoms with Crippen molar-refractivity contribution < 1.29 is 22.7 Å². The maximum Gasteiger partial charge on any atom is 0.338 e. The molecule has 0 fully saturated rings. The number of carbonyl (C=O) groups excluding carboxylic acids is 2. The third-order valence-electron chi connectivity index (χ3n) is 5.60. The van der Waals surface area contributed by atoms with Crippen LogP contribution in [-0.4, -0.2) is 33.9 Å². The van der Waals surface area contributed by atoms with Crippen LogP contribution >= 0.6 is 0 Å². The molecule has 170 valence electrons. The zero-order valence-corrected chi connectivity index (χ0v) is 19.2. The number of hydrogen-bond acceptors (Lipinski definition) is 5. The van der Waals surface area contributed by atoms with Crippen molar-refractivity contribution >= 4 is 33.3 Å². The number of aryl methyl sites for hydroxylation is 2. The molecule has 0 radical (unpaired) electrons. The SMILES string of the molecule is COC(=O)c1ccccc1C(=O)Nc1ccc2c(c1)CCCN2S(=O)(=O)c1ccc(C)cc1. The van der Waals surface area contributed by atoms with E-state index in [-0.39, 0.29) is 16.0 Å². The molecule has 0 unspecified atom stereocenters. The number of methoxy groups -OCH3 is 1. The molecule has 1 heterocycles. The molecule has 0 aliphatic carbocycles. The maximum absolute atomic E-state index is 13.3. The molecule has 0 atom stereocenters. The lowest BCUT2D eigenvalue weighted by Crippen LogP contribution is -2.35. The molecule has 0 saturated carbocycles. The van der Waals surface area contributed by atoms with Crippen LogP contribution in [0.15, 0.2) is 71.6 Å². The molecule has 0 spiro atoms. The fraction of sp³-hybridized carbons (Fsp3) is 0.200. The van der Waals surface area contributed by atoms with Crippen LogP contribution in [0.5, 0.6) is 0 Å². The third kappa shape index (κ3) is 4.47. The van der Waals surface area contributed by atoms with E-state index < -0.39 is 21.9 Å². The number of ether oxygens (including phenoxy) is 1. The van der Waals surface area contributed by atoms with Crippen LogP contribution in [-0.2, 0) is 21.2 Å². The van der Waals surface area contributed by atoms with Crippen molar-refractivity contribution in [1.82, 2.24) is 0 Å². The van der Waals surface area contributed by atoms with Gasteiger partial charge in [-0.1, -0.05) is 29.8 Å². The predicted octanol–water partition coefficient (Wildman–Crippen LogP) is 4.18. The number of nitrogens with one attached hydrogen (secondary N) is 1. The first-order valence-corrected chi connectivity index (χ1v) is 12.0. The van der Waals surface area contributed by atoms with E-state index in [1.54, 1.807) is 60.7 Å². The molecule has 1 amide bonds. The lowest BCUT2D eigenvalue weighted by molar-refractivity contribution is 0.0597. The van der Waals surface area contributed by atoms with Crippen LogP contribution in [0.4, 0.5) is 11.4 Å². The number of hydrogen-bond donors (Lipinski definition) is 1. The van der Waals surface area contributed by atoms with Gasteiger partial charge in [0, 0.05) is 12.2 Å². The summed E-state index contributed by atoms with van der Waals surface area (Å²) in [7, 11) is -2.43. The average Bonchev–Trinajstić information content (AvgIpc) is 2.83.